The normalized spacial score (nSPS) is 14.4. The lowest BCUT2D eigenvalue weighted by Crippen LogP contribution is -2.52. The molecule has 1 aliphatic carbocycles. The first-order valence-corrected chi connectivity index (χ1v) is 15.2. The molecule has 0 aromatic heterocycles. The fraction of sp³-hybridized carbons (Fsp3) is 0.394. The second-order valence-corrected chi connectivity index (χ2v) is 11.3. The highest BCUT2D eigenvalue weighted by Crippen LogP contribution is 2.22. The Kier molecular flexibility index (Phi) is 11.3. The Hall–Kier alpha value is -3.25. The number of benzene rings is 3. The average molecular weight is 545 g/mol. The van der Waals surface area contributed by atoms with E-state index in [1.165, 1.54) is 12.0 Å². The summed E-state index contributed by atoms with van der Waals surface area (Å²) in [6.07, 6.45) is 6.36. The highest BCUT2D eigenvalue weighted by atomic mass is 32.2. The van der Waals surface area contributed by atoms with Crippen molar-refractivity contribution in [1.29, 1.82) is 0 Å². The molecule has 6 heteroatoms. The van der Waals surface area contributed by atoms with Gasteiger partial charge < -0.3 is 15.0 Å². The van der Waals surface area contributed by atoms with Gasteiger partial charge in [-0.25, -0.2) is 0 Å². The molecule has 39 heavy (non-hydrogen) atoms. The Morgan fingerprint density at radius 2 is 1.56 bits per heavy atom. The molecular formula is C33H40N2O3S. The molecule has 0 aliphatic heterocycles. The number of carbonyl (C=O) groups excluding carboxylic acids is 2. The van der Waals surface area contributed by atoms with Crippen molar-refractivity contribution in [3.05, 3.63) is 102 Å². The molecule has 0 saturated heterocycles. The maximum absolute atomic E-state index is 13.9. The van der Waals surface area contributed by atoms with E-state index in [9.17, 15) is 9.59 Å². The first-order chi connectivity index (χ1) is 19.1. The summed E-state index contributed by atoms with van der Waals surface area (Å²) in [6, 6.07) is 27.7. The molecule has 3 aromatic carbocycles. The predicted molar refractivity (Wildman–Crippen MR) is 160 cm³/mol. The van der Waals surface area contributed by atoms with Gasteiger partial charge >= 0.3 is 0 Å². The monoisotopic (exact) mass is 544 g/mol. The van der Waals surface area contributed by atoms with E-state index in [4.69, 9.17) is 4.74 Å². The molecule has 1 N–H and O–H groups in total. The van der Waals surface area contributed by atoms with Gasteiger partial charge in [0.25, 0.3) is 0 Å². The lowest BCUT2D eigenvalue weighted by atomic mass is 9.94. The molecule has 0 unspecified atom stereocenters. The molecule has 0 spiro atoms. The summed E-state index contributed by atoms with van der Waals surface area (Å²) >= 11 is 1.75. The number of rotatable bonds is 13. The lowest BCUT2D eigenvalue weighted by molar-refractivity contribution is -0.141. The molecule has 1 atom stereocenters. The van der Waals surface area contributed by atoms with Crippen molar-refractivity contribution in [3.8, 4) is 5.75 Å². The number of methoxy groups -OCH3 is 1. The highest BCUT2D eigenvalue weighted by molar-refractivity contribution is 7.98. The first-order valence-electron chi connectivity index (χ1n) is 14.0. The van der Waals surface area contributed by atoms with E-state index < -0.39 is 6.04 Å². The zero-order chi connectivity index (χ0) is 27.3. The summed E-state index contributed by atoms with van der Waals surface area (Å²) in [5.41, 5.74) is 3.24. The quantitative estimate of drug-likeness (QED) is 0.253. The van der Waals surface area contributed by atoms with Crippen LogP contribution in [0.4, 0.5) is 0 Å². The minimum atomic E-state index is -0.591. The second kappa shape index (κ2) is 15.4. The molecule has 5 nitrogen and oxygen atoms in total. The lowest BCUT2D eigenvalue weighted by Gasteiger charge is -2.33. The van der Waals surface area contributed by atoms with E-state index in [1.54, 1.807) is 23.8 Å². The Morgan fingerprint density at radius 3 is 2.26 bits per heavy atom. The molecule has 1 aliphatic rings. The van der Waals surface area contributed by atoms with E-state index in [2.05, 4.69) is 17.4 Å². The predicted octanol–water partition coefficient (Wildman–Crippen LogP) is 6.41. The largest absolute Gasteiger partial charge is 0.497 e. The number of hydrogen-bond acceptors (Lipinski definition) is 4. The maximum atomic E-state index is 13.9. The molecule has 0 radical (unpaired) electrons. The van der Waals surface area contributed by atoms with Crippen molar-refractivity contribution in [1.82, 2.24) is 10.2 Å². The van der Waals surface area contributed by atoms with Crippen LogP contribution >= 0.6 is 11.8 Å². The van der Waals surface area contributed by atoms with Crippen molar-refractivity contribution in [2.24, 2.45) is 0 Å². The van der Waals surface area contributed by atoms with Crippen LogP contribution < -0.4 is 10.1 Å². The van der Waals surface area contributed by atoms with E-state index in [0.29, 0.717) is 25.1 Å². The summed E-state index contributed by atoms with van der Waals surface area (Å²) in [6.45, 7) is 0.356. The Labute approximate surface area is 237 Å². The zero-order valence-corrected chi connectivity index (χ0v) is 23.7. The molecule has 0 heterocycles. The van der Waals surface area contributed by atoms with E-state index in [0.717, 1.165) is 48.3 Å². The molecule has 206 valence electrons. The highest BCUT2D eigenvalue weighted by Gasteiger charge is 2.31. The number of nitrogens with zero attached hydrogens (tertiary/aromatic N) is 1. The van der Waals surface area contributed by atoms with E-state index >= 15 is 0 Å². The van der Waals surface area contributed by atoms with Crippen LogP contribution in [0.2, 0.25) is 0 Å². The fourth-order valence-corrected chi connectivity index (χ4v) is 6.02. The molecule has 0 bridgehead atoms. The summed E-state index contributed by atoms with van der Waals surface area (Å²) < 4.78 is 5.44. The van der Waals surface area contributed by atoms with Crippen LogP contribution in [0.3, 0.4) is 0 Å². The summed E-state index contributed by atoms with van der Waals surface area (Å²) in [7, 11) is 1.64. The topological polar surface area (TPSA) is 58.6 Å². The first kappa shape index (κ1) is 28.8. The van der Waals surface area contributed by atoms with Gasteiger partial charge in [0.15, 0.2) is 0 Å². The van der Waals surface area contributed by atoms with Crippen LogP contribution in [0.25, 0.3) is 0 Å². The Morgan fingerprint density at radius 1 is 0.897 bits per heavy atom. The van der Waals surface area contributed by atoms with Gasteiger partial charge in [0, 0.05) is 36.9 Å². The number of nitrogens with one attached hydrogen (secondary N) is 1. The average Bonchev–Trinajstić information content (AvgIpc) is 2.98. The SMILES string of the molecule is COc1cccc(CN(C(=O)CCSCc2ccccc2)[C@H](Cc2ccccc2)C(=O)NC2CCCCC2)c1. The third-order valence-electron chi connectivity index (χ3n) is 7.28. The molecule has 1 fully saturated rings. The van der Waals surface area contributed by atoms with Crippen LogP contribution in [0, 0.1) is 0 Å². The minimum absolute atomic E-state index is 0.00175. The van der Waals surface area contributed by atoms with Gasteiger partial charge in [-0.05, 0) is 41.7 Å². The molecular weight excluding hydrogens is 504 g/mol. The number of hydrogen-bond donors (Lipinski definition) is 1. The van der Waals surface area contributed by atoms with Crippen molar-refractivity contribution in [2.45, 2.75) is 69.3 Å². The van der Waals surface area contributed by atoms with Crippen LogP contribution in [0.1, 0.15) is 55.2 Å². The van der Waals surface area contributed by atoms with Crippen molar-refractivity contribution in [2.75, 3.05) is 12.9 Å². The third kappa shape index (κ3) is 9.17. The molecule has 1 saturated carbocycles. The Balaban J connectivity index is 1.54. The number of carbonyl (C=O) groups is 2. The smallest absolute Gasteiger partial charge is 0.243 e. The standard InChI is InChI=1S/C33H40N2O3S/c1-38-30-19-11-16-28(22-30)24-35(32(36)20-21-39-25-27-14-7-3-8-15-27)31(23-26-12-5-2-6-13-26)33(37)34-29-17-9-4-10-18-29/h2-3,5-8,11-16,19,22,29,31H,4,9-10,17-18,20-21,23-25H2,1H3,(H,34,37)/t31-/m1/s1. The Bertz CT molecular complexity index is 1170. The van der Waals surface area contributed by atoms with Crippen molar-refractivity contribution < 1.29 is 14.3 Å². The van der Waals surface area contributed by atoms with Gasteiger partial charge in [-0.3, -0.25) is 9.59 Å². The van der Waals surface area contributed by atoms with Crippen LogP contribution in [-0.4, -0.2) is 41.7 Å². The summed E-state index contributed by atoms with van der Waals surface area (Å²) in [5.74, 6) is 2.24. The van der Waals surface area contributed by atoms with E-state index in [1.807, 2.05) is 72.8 Å². The van der Waals surface area contributed by atoms with Gasteiger partial charge in [-0.1, -0.05) is 92.1 Å². The number of ether oxygens (including phenoxy) is 1. The summed E-state index contributed by atoms with van der Waals surface area (Å²) in [4.78, 5) is 29.5. The molecule has 4 rings (SSSR count). The number of thioether (sulfide) groups is 1. The van der Waals surface area contributed by atoms with Crippen molar-refractivity contribution in [3.63, 3.8) is 0 Å². The van der Waals surface area contributed by atoms with Crippen LogP contribution in [0.15, 0.2) is 84.9 Å². The third-order valence-corrected chi connectivity index (χ3v) is 8.31. The molecule has 3 aromatic rings. The van der Waals surface area contributed by atoms with Crippen LogP contribution in [0.5, 0.6) is 5.75 Å². The minimum Gasteiger partial charge on any atom is -0.497 e. The van der Waals surface area contributed by atoms with Gasteiger partial charge in [0.1, 0.15) is 11.8 Å². The van der Waals surface area contributed by atoms with Gasteiger partial charge in [0.2, 0.25) is 11.8 Å². The van der Waals surface area contributed by atoms with E-state index in [-0.39, 0.29) is 17.9 Å². The van der Waals surface area contributed by atoms with Gasteiger partial charge in [0.05, 0.1) is 7.11 Å². The van der Waals surface area contributed by atoms with Crippen LogP contribution in [-0.2, 0) is 28.3 Å². The second-order valence-electron chi connectivity index (χ2n) is 10.2. The van der Waals surface area contributed by atoms with Gasteiger partial charge in [-0.2, -0.15) is 11.8 Å². The summed E-state index contributed by atoms with van der Waals surface area (Å²) in [5, 5.41) is 3.31. The number of amides is 2. The zero-order valence-electron chi connectivity index (χ0n) is 22.9. The molecule has 2 amide bonds. The fourth-order valence-electron chi connectivity index (χ4n) is 5.13. The van der Waals surface area contributed by atoms with Gasteiger partial charge in [-0.15, -0.1) is 0 Å². The maximum Gasteiger partial charge on any atom is 0.243 e. The van der Waals surface area contributed by atoms with Crippen molar-refractivity contribution >= 4 is 23.6 Å².